The van der Waals surface area contributed by atoms with Crippen LogP contribution in [-0.2, 0) is 4.79 Å². The summed E-state index contributed by atoms with van der Waals surface area (Å²) in [5, 5.41) is 3.03. The molecule has 1 N–H and O–H groups in total. The van der Waals surface area contributed by atoms with E-state index in [2.05, 4.69) is 19.2 Å². The first-order chi connectivity index (χ1) is 15.3. The summed E-state index contributed by atoms with van der Waals surface area (Å²) in [5.41, 5.74) is 1.25. The molecular formula is C25H31FN2O4. The van der Waals surface area contributed by atoms with Crippen molar-refractivity contribution in [2.75, 3.05) is 33.9 Å². The first kappa shape index (κ1) is 23.6. The molecule has 0 aliphatic carbocycles. The number of benzene rings is 2. The number of halogens is 1. The van der Waals surface area contributed by atoms with Crippen LogP contribution in [0.3, 0.4) is 0 Å². The molecule has 2 atom stereocenters. The minimum Gasteiger partial charge on any atom is -0.497 e. The molecule has 0 saturated carbocycles. The largest absolute Gasteiger partial charge is 0.497 e. The van der Waals surface area contributed by atoms with Gasteiger partial charge in [-0.05, 0) is 42.7 Å². The molecule has 1 fully saturated rings. The summed E-state index contributed by atoms with van der Waals surface area (Å²) in [7, 11) is 3.16. The Hall–Kier alpha value is -3.09. The topological polar surface area (TPSA) is 67.9 Å². The van der Waals surface area contributed by atoms with Crippen LogP contribution in [0.1, 0.15) is 42.1 Å². The number of likely N-dealkylation sites (tertiary alicyclic amines) is 1. The summed E-state index contributed by atoms with van der Waals surface area (Å²) in [4.78, 5) is 27.9. The molecule has 1 aliphatic rings. The molecule has 32 heavy (non-hydrogen) atoms. The maximum Gasteiger partial charge on any atom is 0.253 e. The van der Waals surface area contributed by atoms with Gasteiger partial charge < -0.3 is 19.7 Å². The fraction of sp³-hybridized carbons (Fsp3) is 0.440. The van der Waals surface area contributed by atoms with Crippen molar-refractivity contribution in [1.82, 2.24) is 10.2 Å². The van der Waals surface area contributed by atoms with Gasteiger partial charge in [0.25, 0.3) is 5.91 Å². The third kappa shape index (κ3) is 5.39. The minimum atomic E-state index is -0.422. The lowest BCUT2D eigenvalue weighted by Gasteiger charge is -2.21. The summed E-state index contributed by atoms with van der Waals surface area (Å²) in [6, 6.07) is 11.0. The van der Waals surface area contributed by atoms with E-state index in [0.717, 1.165) is 12.0 Å². The normalized spacial score (nSPS) is 18.0. The number of methoxy groups -OCH3 is 2. The van der Waals surface area contributed by atoms with E-state index < -0.39 is 11.7 Å². The van der Waals surface area contributed by atoms with Crippen molar-refractivity contribution in [1.29, 1.82) is 0 Å². The highest BCUT2D eigenvalue weighted by atomic mass is 19.1. The van der Waals surface area contributed by atoms with E-state index in [1.807, 2.05) is 12.1 Å². The number of rotatable bonds is 8. The molecule has 3 rings (SSSR count). The number of carbonyl (C=O) groups is 2. The molecule has 7 heteroatoms. The Bertz CT molecular complexity index is 945. The standard InChI is InChI=1S/C25H31FN2O4/c1-16(2)11-12-27-24(29)22-15-28(25(30)17-5-7-18(26)8-6-17)14-21(22)20-10-9-19(31-3)13-23(20)32-4/h5-10,13,16,21-22H,11-12,14-15H2,1-4H3,(H,27,29)/t21-,22+/m0/s1. The highest BCUT2D eigenvalue weighted by Gasteiger charge is 2.41. The Balaban J connectivity index is 1.88. The summed E-state index contributed by atoms with van der Waals surface area (Å²) in [6.45, 7) is 5.45. The van der Waals surface area contributed by atoms with Gasteiger partial charge in [0, 0.05) is 42.7 Å². The van der Waals surface area contributed by atoms with Gasteiger partial charge >= 0.3 is 0 Å². The Labute approximate surface area is 188 Å². The van der Waals surface area contributed by atoms with Gasteiger partial charge in [-0.15, -0.1) is 0 Å². The van der Waals surface area contributed by atoms with E-state index in [0.29, 0.717) is 36.1 Å². The van der Waals surface area contributed by atoms with Gasteiger partial charge in [0.15, 0.2) is 0 Å². The molecule has 172 valence electrons. The van der Waals surface area contributed by atoms with E-state index >= 15 is 0 Å². The molecule has 0 bridgehead atoms. The first-order valence-corrected chi connectivity index (χ1v) is 10.9. The highest BCUT2D eigenvalue weighted by molar-refractivity contribution is 5.95. The average molecular weight is 443 g/mol. The van der Waals surface area contributed by atoms with Gasteiger partial charge in [-0.3, -0.25) is 9.59 Å². The third-order valence-corrected chi connectivity index (χ3v) is 5.90. The van der Waals surface area contributed by atoms with Crippen LogP contribution in [0.15, 0.2) is 42.5 Å². The molecular weight excluding hydrogens is 411 g/mol. The Morgan fingerprint density at radius 3 is 2.44 bits per heavy atom. The molecule has 0 spiro atoms. The van der Waals surface area contributed by atoms with E-state index in [1.54, 1.807) is 25.2 Å². The molecule has 0 aromatic heterocycles. The zero-order chi connectivity index (χ0) is 23.3. The first-order valence-electron chi connectivity index (χ1n) is 10.9. The third-order valence-electron chi connectivity index (χ3n) is 5.90. The Morgan fingerprint density at radius 1 is 1.09 bits per heavy atom. The van der Waals surface area contributed by atoms with E-state index in [4.69, 9.17) is 9.47 Å². The number of nitrogens with zero attached hydrogens (tertiary/aromatic N) is 1. The van der Waals surface area contributed by atoms with Crippen LogP contribution >= 0.6 is 0 Å². The van der Waals surface area contributed by atoms with Crippen LogP contribution in [0.5, 0.6) is 11.5 Å². The van der Waals surface area contributed by atoms with Gasteiger partial charge in [0.1, 0.15) is 17.3 Å². The number of hydrogen-bond acceptors (Lipinski definition) is 4. The van der Waals surface area contributed by atoms with E-state index in [1.165, 1.54) is 24.3 Å². The lowest BCUT2D eigenvalue weighted by molar-refractivity contribution is -0.124. The van der Waals surface area contributed by atoms with E-state index in [9.17, 15) is 14.0 Å². The van der Waals surface area contributed by atoms with Crippen LogP contribution in [-0.4, -0.2) is 50.6 Å². The summed E-state index contributed by atoms with van der Waals surface area (Å²) in [5.74, 6) is 0.390. The molecule has 2 aromatic carbocycles. The monoisotopic (exact) mass is 442 g/mol. The fourth-order valence-electron chi connectivity index (χ4n) is 4.07. The van der Waals surface area contributed by atoms with Crippen LogP contribution in [0, 0.1) is 17.7 Å². The number of nitrogens with one attached hydrogen (secondary N) is 1. The molecule has 1 heterocycles. The number of hydrogen-bond donors (Lipinski definition) is 1. The Morgan fingerprint density at radius 2 is 1.81 bits per heavy atom. The number of carbonyl (C=O) groups excluding carboxylic acids is 2. The predicted octanol–water partition coefficient (Wildman–Crippen LogP) is 3.86. The van der Waals surface area contributed by atoms with Crippen molar-refractivity contribution < 1.29 is 23.5 Å². The second kappa shape index (κ2) is 10.5. The zero-order valence-electron chi connectivity index (χ0n) is 19.1. The van der Waals surface area contributed by atoms with Crippen LogP contribution in [0.2, 0.25) is 0 Å². The van der Waals surface area contributed by atoms with Crippen molar-refractivity contribution in [3.8, 4) is 11.5 Å². The molecule has 2 aromatic rings. The van der Waals surface area contributed by atoms with Gasteiger partial charge in [-0.1, -0.05) is 19.9 Å². The smallest absolute Gasteiger partial charge is 0.253 e. The molecule has 1 aliphatic heterocycles. The van der Waals surface area contributed by atoms with Crippen LogP contribution in [0.4, 0.5) is 4.39 Å². The fourth-order valence-corrected chi connectivity index (χ4v) is 4.07. The Kier molecular flexibility index (Phi) is 7.72. The summed E-state index contributed by atoms with van der Waals surface area (Å²) >= 11 is 0. The number of ether oxygens (including phenoxy) is 2. The van der Waals surface area contributed by atoms with Crippen molar-refractivity contribution >= 4 is 11.8 Å². The molecule has 0 radical (unpaired) electrons. The van der Waals surface area contributed by atoms with Crippen LogP contribution in [0.25, 0.3) is 0 Å². The van der Waals surface area contributed by atoms with Crippen molar-refractivity contribution in [3.05, 3.63) is 59.4 Å². The van der Waals surface area contributed by atoms with Gasteiger partial charge in [-0.2, -0.15) is 0 Å². The minimum absolute atomic E-state index is 0.0806. The van der Waals surface area contributed by atoms with Gasteiger partial charge in [0.05, 0.1) is 20.1 Å². The maximum atomic E-state index is 13.3. The predicted molar refractivity (Wildman–Crippen MR) is 121 cm³/mol. The van der Waals surface area contributed by atoms with Gasteiger partial charge in [0.2, 0.25) is 5.91 Å². The molecule has 1 saturated heterocycles. The van der Waals surface area contributed by atoms with Gasteiger partial charge in [-0.25, -0.2) is 4.39 Å². The average Bonchev–Trinajstić information content (AvgIpc) is 3.23. The van der Waals surface area contributed by atoms with Crippen molar-refractivity contribution in [3.63, 3.8) is 0 Å². The van der Waals surface area contributed by atoms with Crippen molar-refractivity contribution in [2.24, 2.45) is 11.8 Å². The van der Waals surface area contributed by atoms with E-state index in [-0.39, 0.29) is 24.3 Å². The quantitative estimate of drug-likeness (QED) is 0.674. The zero-order valence-corrected chi connectivity index (χ0v) is 19.1. The lowest BCUT2D eigenvalue weighted by Crippen LogP contribution is -2.36. The molecule has 6 nitrogen and oxygen atoms in total. The second-order valence-corrected chi connectivity index (χ2v) is 8.51. The second-order valence-electron chi connectivity index (χ2n) is 8.51. The molecule has 2 amide bonds. The highest BCUT2D eigenvalue weighted by Crippen LogP contribution is 2.39. The lowest BCUT2D eigenvalue weighted by atomic mass is 9.87. The maximum absolute atomic E-state index is 13.3. The van der Waals surface area contributed by atoms with Crippen molar-refractivity contribution in [2.45, 2.75) is 26.2 Å². The molecule has 0 unspecified atom stereocenters. The summed E-state index contributed by atoms with van der Waals surface area (Å²) in [6.07, 6.45) is 0.882. The van der Waals surface area contributed by atoms with Crippen LogP contribution < -0.4 is 14.8 Å². The summed E-state index contributed by atoms with van der Waals surface area (Å²) < 4.78 is 24.2. The SMILES string of the molecule is COc1ccc([C@@H]2CN(C(=O)c3ccc(F)cc3)C[C@H]2C(=O)NCCC(C)C)c(OC)c1. The number of amides is 2.